The summed E-state index contributed by atoms with van der Waals surface area (Å²) in [6.07, 6.45) is 2.57. The molecule has 0 aliphatic rings. The Bertz CT molecular complexity index is 627. The summed E-state index contributed by atoms with van der Waals surface area (Å²) in [6, 6.07) is 11.1. The molecule has 0 radical (unpaired) electrons. The highest BCUT2D eigenvalue weighted by Gasteiger charge is 2.05. The Morgan fingerprint density at radius 2 is 2.00 bits per heavy atom. The van der Waals surface area contributed by atoms with Crippen molar-refractivity contribution in [2.24, 2.45) is 0 Å². The molecule has 2 aromatic rings. The number of carbonyl (C=O) groups excluding carboxylic acids is 1. The van der Waals surface area contributed by atoms with Crippen LogP contribution in [0.4, 0.5) is 11.5 Å². The molecule has 0 saturated carbocycles. The van der Waals surface area contributed by atoms with Crippen LogP contribution in [-0.4, -0.2) is 35.8 Å². The summed E-state index contributed by atoms with van der Waals surface area (Å²) in [5.74, 6) is 1.42. The first-order valence-corrected chi connectivity index (χ1v) is 8.03. The molecule has 0 fully saturated rings. The van der Waals surface area contributed by atoms with Gasteiger partial charge >= 0.3 is 0 Å². The first-order chi connectivity index (χ1) is 11.7. The van der Waals surface area contributed by atoms with Crippen LogP contribution in [-0.2, 0) is 11.2 Å². The third kappa shape index (κ3) is 5.89. The summed E-state index contributed by atoms with van der Waals surface area (Å²) in [7, 11) is 0. The second-order valence-electron chi connectivity index (χ2n) is 5.24. The molecule has 0 bridgehead atoms. The maximum atomic E-state index is 12.1. The Hall–Kier alpha value is -2.60. The monoisotopic (exact) mass is 329 g/mol. The number of nitrogens with zero attached hydrogens (tertiary/aromatic N) is 1. The highest BCUT2D eigenvalue weighted by atomic mass is 16.5. The number of rotatable bonds is 9. The summed E-state index contributed by atoms with van der Waals surface area (Å²) in [5.41, 5.74) is 1.57. The van der Waals surface area contributed by atoms with E-state index in [4.69, 9.17) is 9.84 Å². The van der Waals surface area contributed by atoms with E-state index in [9.17, 15) is 4.79 Å². The van der Waals surface area contributed by atoms with Crippen LogP contribution < -0.4 is 15.4 Å². The van der Waals surface area contributed by atoms with Gasteiger partial charge in [0.2, 0.25) is 5.91 Å². The van der Waals surface area contributed by atoms with E-state index < -0.39 is 0 Å². The molecule has 1 amide bonds. The SMILES string of the molecule is CCOc1ccc(CC(=O)Nc2ccc(NCCCO)nc2)cc1. The summed E-state index contributed by atoms with van der Waals surface area (Å²) in [6.45, 7) is 3.36. The van der Waals surface area contributed by atoms with Crippen LogP contribution in [0.15, 0.2) is 42.6 Å². The molecule has 0 saturated heterocycles. The minimum absolute atomic E-state index is 0.0954. The van der Waals surface area contributed by atoms with Gasteiger partial charge in [0.25, 0.3) is 0 Å². The average molecular weight is 329 g/mol. The van der Waals surface area contributed by atoms with Crippen LogP contribution in [0.2, 0.25) is 0 Å². The van der Waals surface area contributed by atoms with Gasteiger partial charge in [-0.3, -0.25) is 4.79 Å². The molecule has 0 unspecified atom stereocenters. The summed E-state index contributed by atoms with van der Waals surface area (Å²) in [4.78, 5) is 16.3. The first-order valence-electron chi connectivity index (χ1n) is 8.03. The smallest absolute Gasteiger partial charge is 0.228 e. The van der Waals surface area contributed by atoms with Crippen LogP contribution in [0.5, 0.6) is 5.75 Å². The summed E-state index contributed by atoms with van der Waals surface area (Å²) < 4.78 is 5.38. The van der Waals surface area contributed by atoms with Crippen molar-refractivity contribution in [2.75, 3.05) is 30.4 Å². The second kappa shape index (κ2) is 9.52. The molecular weight excluding hydrogens is 306 g/mol. The predicted molar refractivity (Wildman–Crippen MR) is 94.4 cm³/mol. The van der Waals surface area contributed by atoms with E-state index in [0.29, 0.717) is 37.5 Å². The number of aromatic nitrogens is 1. The lowest BCUT2D eigenvalue weighted by Crippen LogP contribution is -2.14. The number of carbonyl (C=O) groups is 1. The van der Waals surface area contributed by atoms with E-state index in [1.807, 2.05) is 31.2 Å². The molecule has 1 aromatic carbocycles. The molecule has 1 heterocycles. The van der Waals surface area contributed by atoms with Gasteiger partial charge in [-0.05, 0) is 43.2 Å². The number of aliphatic hydroxyl groups excluding tert-OH is 1. The summed E-state index contributed by atoms with van der Waals surface area (Å²) in [5, 5.41) is 14.6. The maximum Gasteiger partial charge on any atom is 0.228 e. The Kier molecular flexibility index (Phi) is 7.04. The van der Waals surface area contributed by atoms with E-state index in [1.54, 1.807) is 18.3 Å². The Balaban J connectivity index is 1.83. The van der Waals surface area contributed by atoms with Crippen LogP contribution in [0, 0.1) is 0 Å². The fourth-order valence-corrected chi connectivity index (χ4v) is 2.13. The normalized spacial score (nSPS) is 10.2. The van der Waals surface area contributed by atoms with Crippen molar-refractivity contribution >= 4 is 17.4 Å². The fraction of sp³-hybridized carbons (Fsp3) is 0.333. The Labute approximate surface area is 141 Å². The van der Waals surface area contributed by atoms with Gasteiger partial charge < -0.3 is 20.5 Å². The number of hydrogen-bond donors (Lipinski definition) is 3. The Morgan fingerprint density at radius 3 is 2.62 bits per heavy atom. The lowest BCUT2D eigenvalue weighted by atomic mass is 10.1. The molecule has 0 aliphatic heterocycles. The second-order valence-corrected chi connectivity index (χ2v) is 5.24. The zero-order valence-corrected chi connectivity index (χ0v) is 13.8. The number of ether oxygens (including phenoxy) is 1. The molecule has 24 heavy (non-hydrogen) atoms. The molecule has 128 valence electrons. The molecule has 0 atom stereocenters. The van der Waals surface area contributed by atoms with Gasteiger partial charge in [-0.1, -0.05) is 12.1 Å². The molecular formula is C18H23N3O3. The van der Waals surface area contributed by atoms with Crippen molar-refractivity contribution in [2.45, 2.75) is 19.8 Å². The minimum atomic E-state index is -0.0954. The quantitative estimate of drug-likeness (QED) is 0.616. The largest absolute Gasteiger partial charge is 0.494 e. The van der Waals surface area contributed by atoms with E-state index in [2.05, 4.69) is 15.6 Å². The first kappa shape index (κ1) is 17.7. The topological polar surface area (TPSA) is 83.5 Å². The number of benzene rings is 1. The number of anilines is 2. The lowest BCUT2D eigenvalue weighted by molar-refractivity contribution is -0.115. The molecule has 2 rings (SSSR count). The fourth-order valence-electron chi connectivity index (χ4n) is 2.13. The third-order valence-corrected chi connectivity index (χ3v) is 3.29. The van der Waals surface area contributed by atoms with Crippen molar-refractivity contribution in [3.63, 3.8) is 0 Å². The molecule has 6 heteroatoms. The predicted octanol–water partition coefficient (Wildman–Crippen LogP) is 2.46. The molecule has 0 aliphatic carbocycles. The van der Waals surface area contributed by atoms with Crippen molar-refractivity contribution in [3.05, 3.63) is 48.2 Å². The highest BCUT2D eigenvalue weighted by molar-refractivity contribution is 5.92. The van der Waals surface area contributed by atoms with Gasteiger partial charge in [0.15, 0.2) is 0 Å². The van der Waals surface area contributed by atoms with Crippen molar-refractivity contribution < 1.29 is 14.6 Å². The van der Waals surface area contributed by atoms with Gasteiger partial charge in [0, 0.05) is 13.2 Å². The average Bonchev–Trinajstić information content (AvgIpc) is 2.59. The van der Waals surface area contributed by atoms with Crippen LogP contribution in [0.25, 0.3) is 0 Å². The van der Waals surface area contributed by atoms with Crippen LogP contribution >= 0.6 is 0 Å². The van der Waals surface area contributed by atoms with Crippen LogP contribution in [0.3, 0.4) is 0 Å². The number of aliphatic hydroxyl groups is 1. The van der Waals surface area contributed by atoms with Crippen molar-refractivity contribution in [1.82, 2.24) is 4.98 Å². The van der Waals surface area contributed by atoms with Gasteiger partial charge in [0.05, 0.1) is 24.9 Å². The molecule has 6 nitrogen and oxygen atoms in total. The van der Waals surface area contributed by atoms with Crippen molar-refractivity contribution in [3.8, 4) is 5.75 Å². The molecule has 3 N–H and O–H groups in total. The van der Waals surface area contributed by atoms with E-state index in [-0.39, 0.29) is 12.5 Å². The van der Waals surface area contributed by atoms with Gasteiger partial charge in [-0.15, -0.1) is 0 Å². The number of amides is 1. The summed E-state index contributed by atoms with van der Waals surface area (Å²) >= 11 is 0. The number of hydrogen-bond acceptors (Lipinski definition) is 5. The van der Waals surface area contributed by atoms with Gasteiger partial charge in [-0.2, -0.15) is 0 Å². The number of pyridine rings is 1. The molecule has 0 spiro atoms. The minimum Gasteiger partial charge on any atom is -0.494 e. The zero-order chi connectivity index (χ0) is 17.2. The lowest BCUT2D eigenvalue weighted by Gasteiger charge is -2.08. The van der Waals surface area contributed by atoms with Crippen LogP contribution in [0.1, 0.15) is 18.9 Å². The van der Waals surface area contributed by atoms with Crippen molar-refractivity contribution in [1.29, 1.82) is 0 Å². The zero-order valence-electron chi connectivity index (χ0n) is 13.8. The van der Waals surface area contributed by atoms with E-state index in [1.165, 1.54) is 0 Å². The van der Waals surface area contributed by atoms with E-state index >= 15 is 0 Å². The van der Waals surface area contributed by atoms with Gasteiger partial charge in [-0.25, -0.2) is 4.98 Å². The van der Waals surface area contributed by atoms with Gasteiger partial charge in [0.1, 0.15) is 11.6 Å². The standard InChI is InChI=1S/C18H23N3O3/c1-2-24-16-7-4-14(5-8-16)12-18(23)21-15-6-9-17(20-13-15)19-10-3-11-22/h4-9,13,22H,2-3,10-12H2,1H3,(H,19,20)(H,21,23). The third-order valence-electron chi connectivity index (χ3n) is 3.29. The Morgan fingerprint density at radius 1 is 1.21 bits per heavy atom. The maximum absolute atomic E-state index is 12.1. The number of nitrogens with one attached hydrogen (secondary N) is 2. The highest BCUT2D eigenvalue weighted by Crippen LogP contribution is 2.14. The van der Waals surface area contributed by atoms with E-state index in [0.717, 1.165) is 11.3 Å². The molecule has 1 aromatic heterocycles.